The number of para-hydroxylation sites is 1. The number of nitrogens with zero attached hydrogens (tertiary/aromatic N) is 3. The van der Waals surface area contributed by atoms with E-state index in [-0.39, 0.29) is 35.8 Å². The van der Waals surface area contributed by atoms with Gasteiger partial charge < -0.3 is 9.26 Å². The van der Waals surface area contributed by atoms with E-state index in [9.17, 15) is 14.0 Å². The molecule has 9 heteroatoms. The molecule has 1 saturated carbocycles. The van der Waals surface area contributed by atoms with Crippen molar-refractivity contribution in [3.05, 3.63) is 57.7 Å². The van der Waals surface area contributed by atoms with E-state index in [1.54, 1.807) is 30.9 Å². The molecule has 0 bridgehead atoms. The first-order valence-electron chi connectivity index (χ1n) is 9.51. The number of ketones is 1. The largest absolute Gasteiger partial charge is 0.486 e. The predicted molar refractivity (Wildman–Crippen MR) is 109 cm³/mol. The summed E-state index contributed by atoms with van der Waals surface area (Å²) in [7, 11) is 0. The Morgan fingerprint density at radius 3 is 2.67 bits per heavy atom. The van der Waals surface area contributed by atoms with Crippen LogP contribution in [0.4, 0.5) is 9.52 Å². The first kappa shape index (κ1) is 20.2. The molecule has 0 saturated heterocycles. The second kappa shape index (κ2) is 7.98. The van der Waals surface area contributed by atoms with E-state index in [0.29, 0.717) is 27.0 Å². The second-order valence-electron chi connectivity index (χ2n) is 7.16. The second-order valence-corrected chi connectivity index (χ2v) is 8.14. The summed E-state index contributed by atoms with van der Waals surface area (Å²) in [6, 6.07) is 6.05. The van der Waals surface area contributed by atoms with E-state index < -0.39 is 5.82 Å². The van der Waals surface area contributed by atoms with E-state index in [1.165, 1.54) is 30.4 Å². The number of hydrogen-bond acceptors (Lipinski definition) is 7. The van der Waals surface area contributed by atoms with E-state index in [4.69, 9.17) is 9.26 Å². The summed E-state index contributed by atoms with van der Waals surface area (Å²) in [5.74, 6) is -0.447. The van der Waals surface area contributed by atoms with Crippen molar-refractivity contribution in [3.63, 3.8) is 0 Å². The van der Waals surface area contributed by atoms with Crippen molar-refractivity contribution in [1.82, 2.24) is 10.1 Å². The average Bonchev–Trinajstić information content (AvgIpc) is 3.35. The normalized spacial score (nSPS) is 13.3. The molecule has 3 aromatic rings. The molecule has 0 atom stereocenters. The Morgan fingerprint density at radius 2 is 2.03 bits per heavy atom. The van der Waals surface area contributed by atoms with Gasteiger partial charge in [-0.25, -0.2) is 9.37 Å². The molecule has 1 aliphatic rings. The molecule has 1 fully saturated rings. The molecule has 30 heavy (non-hydrogen) atoms. The fraction of sp³-hybridized carbons (Fsp3) is 0.333. The van der Waals surface area contributed by atoms with E-state index in [2.05, 4.69) is 10.1 Å². The summed E-state index contributed by atoms with van der Waals surface area (Å²) in [6.07, 6.45) is 1.69. The number of carbonyl (C=O) groups excluding carboxylic acids is 2. The molecular formula is C21H20FN3O4S. The van der Waals surface area contributed by atoms with Crippen LogP contribution in [0, 0.1) is 19.7 Å². The highest BCUT2D eigenvalue weighted by molar-refractivity contribution is 7.17. The number of halogens is 1. The molecule has 1 aliphatic carbocycles. The summed E-state index contributed by atoms with van der Waals surface area (Å²) >= 11 is 1.20. The summed E-state index contributed by atoms with van der Waals surface area (Å²) in [4.78, 5) is 31.8. The van der Waals surface area contributed by atoms with Gasteiger partial charge in [0.25, 0.3) is 5.91 Å². The van der Waals surface area contributed by atoms with Crippen LogP contribution in [0.25, 0.3) is 0 Å². The van der Waals surface area contributed by atoms with Crippen molar-refractivity contribution in [2.24, 2.45) is 0 Å². The zero-order valence-electron chi connectivity index (χ0n) is 16.8. The van der Waals surface area contributed by atoms with E-state index in [1.807, 2.05) is 0 Å². The predicted octanol–water partition coefficient (Wildman–Crippen LogP) is 4.48. The molecule has 2 heterocycles. The van der Waals surface area contributed by atoms with Crippen molar-refractivity contribution < 1.29 is 23.2 Å². The first-order valence-corrected chi connectivity index (χ1v) is 10.3. The highest BCUT2D eigenvalue weighted by Crippen LogP contribution is 2.37. The van der Waals surface area contributed by atoms with Crippen LogP contribution in [0.3, 0.4) is 0 Å². The molecule has 4 rings (SSSR count). The Hall–Kier alpha value is -3.07. The lowest BCUT2D eigenvalue weighted by Crippen LogP contribution is -2.34. The zero-order chi connectivity index (χ0) is 21.4. The molecule has 1 aromatic carbocycles. The third-order valence-electron chi connectivity index (χ3n) is 4.84. The highest BCUT2D eigenvalue weighted by Gasteiger charge is 2.39. The van der Waals surface area contributed by atoms with Gasteiger partial charge >= 0.3 is 0 Å². The smallest absolute Gasteiger partial charge is 0.282 e. The Morgan fingerprint density at radius 1 is 1.30 bits per heavy atom. The van der Waals surface area contributed by atoms with Crippen LogP contribution in [0.5, 0.6) is 5.75 Å². The molecule has 0 aliphatic heterocycles. The minimum absolute atomic E-state index is 0.000186. The maximum absolute atomic E-state index is 13.9. The van der Waals surface area contributed by atoms with Crippen LogP contribution in [0.15, 0.2) is 28.8 Å². The van der Waals surface area contributed by atoms with Gasteiger partial charge in [-0.05, 0) is 38.8 Å². The standard InChI is InChI=1S/C21H20FN3O4S/c1-11-19(12(2)26)30-21(23-11)25(14-8-9-14)20(27)18-15(13(3)29-24-18)10-28-17-7-5-4-6-16(17)22/h4-7,14H,8-10H2,1-3H3. The number of amides is 1. The van der Waals surface area contributed by atoms with Crippen LogP contribution in [0.2, 0.25) is 0 Å². The average molecular weight is 429 g/mol. The van der Waals surface area contributed by atoms with Gasteiger partial charge in [-0.3, -0.25) is 14.5 Å². The fourth-order valence-electron chi connectivity index (χ4n) is 3.11. The number of ether oxygens (including phenoxy) is 1. The van der Waals surface area contributed by atoms with Gasteiger partial charge in [-0.2, -0.15) is 0 Å². The summed E-state index contributed by atoms with van der Waals surface area (Å²) < 4.78 is 24.7. The van der Waals surface area contributed by atoms with Crippen molar-refractivity contribution in [2.45, 2.75) is 46.3 Å². The number of thiazole rings is 1. The third kappa shape index (κ3) is 3.85. The van der Waals surface area contributed by atoms with Gasteiger partial charge in [0.15, 0.2) is 28.2 Å². The van der Waals surface area contributed by atoms with Gasteiger partial charge in [-0.15, -0.1) is 0 Å². The lowest BCUT2D eigenvalue weighted by Gasteiger charge is -2.18. The molecular weight excluding hydrogens is 409 g/mol. The summed E-state index contributed by atoms with van der Waals surface area (Å²) in [6.45, 7) is 4.84. The number of anilines is 1. The molecule has 1 amide bonds. The number of carbonyl (C=O) groups is 2. The van der Waals surface area contributed by atoms with Crippen LogP contribution in [-0.2, 0) is 6.61 Å². The number of aryl methyl sites for hydroxylation is 2. The van der Waals surface area contributed by atoms with Gasteiger partial charge in [0.2, 0.25) is 0 Å². The number of Topliss-reactive ketones (excluding diaryl/α,β-unsaturated/α-hetero) is 1. The van der Waals surface area contributed by atoms with Crippen LogP contribution < -0.4 is 9.64 Å². The Bertz CT molecular complexity index is 1120. The lowest BCUT2D eigenvalue weighted by molar-refractivity contribution is 0.0972. The highest BCUT2D eigenvalue weighted by atomic mass is 32.1. The molecule has 0 spiro atoms. The summed E-state index contributed by atoms with van der Waals surface area (Å²) in [5, 5.41) is 4.41. The number of benzene rings is 1. The third-order valence-corrected chi connectivity index (χ3v) is 6.10. The topological polar surface area (TPSA) is 85.5 Å². The molecule has 7 nitrogen and oxygen atoms in total. The molecule has 2 aromatic heterocycles. The quantitative estimate of drug-likeness (QED) is 0.515. The van der Waals surface area contributed by atoms with Crippen molar-refractivity contribution >= 4 is 28.2 Å². The maximum atomic E-state index is 13.9. The van der Waals surface area contributed by atoms with Crippen LogP contribution >= 0.6 is 11.3 Å². The minimum atomic E-state index is -0.492. The Kier molecular flexibility index (Phi) is 5.38. The van der Waals surface area contributed by atoms with Crippen molar-refractivity contribution in [3.8, 4) is 5.75 Å². The minimum Gasteiger partial charge on any atom is -0.486 e. The van der Waals surface area contributed by atoms with E-state index >= 15 is 0 Å². The van der Waals surface area contributed by atoms with Gasteiger partial charge in [0.05, 0.1) is 16.1 Å². The monoisotopic (exact) mass is 429 g/mol. The van der Waals surface area contributed by atoms with Crippen LogP contribution in [-0.4, -0.2) is 27.9 Å². The van der Waals surface area contributed by atoms with Gasteiger partial charge in [0.1, 0.15) is 12.4 Å². The molecule has 0 radical (unpaired) electrons. The number of hydrogen-bond donors (Lipinski definition) is 0. The van der Waals surface area contributed by atoms with Gasteiger partial charge in [0, 0.05) is 13.0 Å². The van der Waals surface area contributed by atoms with E-state index in [0.717, 1.165) is 12.8 Å². The Labute approximate surface area is 176 Å². The Balaban J connectivity index is 1.63. The SMILES string of the molecule is CC(=O)c1sc(N(C(=O)c2noc(C)c2COc2ccccc2F)C2CC2)nc1C. The van der Waals surface area contributed by atoms with Crippen LogP contribution in [0.1, 0.15) is 56.9 Å². The first-order chi connectivity index (χ1) is 14.4. The lowest BCUT2D eigenvalue weighted by atomic mass is 10.2. The zero-order valence-corrected chi connectivity index (χ0v) is 17.6. The molecule has 0 unspecified atom stereocenters. The number of aromatic nitrogens is 2. The van der Waals surface area contributed by atoms with Crippen molar-refractivity contribution in [2.75, 3.05) is 4.90 Å². The summed E-state index contributed by atoms with van der Waals surface area (Å²) in [5.41, 5.74) is 1.15. The number of rotatable bonds is 7. The fourth-order valence-corrected chi connectivity index (χ4v) is 4.14. The molecule has 0 N–H and O–H groups in total. The van der Waals surface area contributed by atoms with Gasteiger partial charge in [-0.1, -0.05) is 28.6 Å². The van der Waals surface area contributed by atoms with Crippen molar-refractivity contribution in [1.29, 1.82) is 0 Å². The maximum Gasteiger partial charge on any atom is 0.282 e. The molecule has 156 valence electrons.